The number of rotatable bonds is 4. The summed E-state index contributed by atoms with van der Waals surface area (Å²) in [6.45, 7) is 5.96. The Balaban J connectivity index is 1.75. The minimum Gasteiger partial charge on any atom is -0.497 e. The highest BCUT2D eigenvalue weighted by Gasteiger charge is 2.43. The molecule has 5 heteroatoms. The molecule has 0 radical (unpaired) electrons. The fourth-order valence-electron chi connectivity index (χ4n) is 4.61. The van der Waals surface area contributed by atoms with Gasteiger partial charge in [-0.2, -0.15) is 0 Å². The predicted octanol–water partition coefficient (Wildman–Crippen LogP) is 0.305. The summed E-state index contributed by atoms with van der Waals surface area (Å²) in [5.41, 5.74) is 0.497. The molecule has 3 saturated heterocycles. The van der Waals surface area contributed by atoms with E-state index < -0.39 is 6.10 Å². The van der Waals surface area contributed by atoms with Gasteiger partial charge >= 0.3 is 0 Å². The Morgan fingerprint density at radius 3 is 3.00 bits per heavy atom. The van der Waals surface area contributed by atoms with Gasteiger partial charge in [-0.1, -0.05) is 6.08 Å². The zero-order chi connectivity index (χ0) is 17.6. The zero-order valence-electron chi connectivity index (χ0n) is 14.5. The molecule has 0 aromatic heterocycles. The van der Waals surface area contributed by atoms with Crippen LogP contribution in [0.4, 0.5) is 0 Å². The predicted molar refractivity (Wildman–Crippen MR) is 94.8 cm³/mol. The van der Waals surface area contributed by atoms with Crippen LogP contribution in [0.3, 0.4) is 0 Å². The molecule has 25 heavy (non-hydrogen) atoms. The van der Waals surface area contributed by atoms with Gasteiger partial charge in [0.15, 0.2) is 5.78 Å². The summed E-state index contributed by atoms with van der Waals surface area (Å²) in [5.74, 6) is 1.63. The Labute approximate surface area is 147 Å². The van der Waals surface area contributed by atoms with Crippen LogP contribution in [0.5, 0.6) is 5.75 Å². The number of ether oxygens (including phenoxy) is 1. The minimum absolute atomic E-state index is 0.00829. The van der Waals surface area contributed by atoms with Gasteiger partial charge < -0.3 is 9.84 Å². The number of hydrogen-bond donors (Lipinski definition) is 1. The number of piperidine rings is 3. The second-order valence-electron chi connectivity index (χ2n) is 7.23. The van der Waals surface area contributed by atoms with Crippen molar-refractivity contribution in [2.24, 2.45) is 16.8 Å². The van der Waals surface area contributed by atoms with Gasteiger partial charge in [0.1, 0.15) is 12.3 Å². The first-order valence-corrected chi connectivity index (χ1v) is 8.93. The van der Waals surface area contributed by atoms with Crippen LogP contribution < -0.4 is 15.3 Å². The number of carbonyl (C=O) groups is 1. The number of aliphatic hydroxyl groups is 1. The molecule has 1 N–H and O–H groups in total. The molecule has 2 unspecified atom stereocenters. The first kappa shape index (κ1) is 16.5. The van der Waals surface area contributed by atoms with E-state index in [1.807, 2.05) is 24.3 Å². The number of benzene rings is 1. The van der Waals surface area contributed by atoms with Crippen LogP contribution in [-0.4, -0.2) is 54.7 Å². The van der Waals surface area contributed by atoms with Gasteiger partial charge in [-0.25, -0.2) is 0 Å². The molecular formula is C20H24N2O3. The third-order valence-electron chi connectivity index (χ3n) is 6.00. The summed E-state index contributed by atoms with van der Waals surface area (Å²) in [6.07, 6.45) is 3.30. The van der Waals surface area contributed by atoms with E-state index in [2.05, 4.69) is 16.5 Å². The van der Waals surface area contributed by atoms with Crippen LogP contribution in [0.25, 0.3) is 5.57 Å². The lowest BCUT2D eigenvalue weighted by atomic mass is 9.73. The summed E-state index contributed by atoms with van der Waals surface area (Å²) in [5, 5.41) is 12.6. The Kier molecular flexibility index (Phi) is 4.21. The summed E-state index contributed by atoms with van der Waals surface area (Å²) >= 11 is 0. The lowest BCUT2D eigenvalue weighted by molar-refractivity contribution is -0.114. The van der Waals surface area contributed by atoms with Crippen molar-refractivity contribution in [2.45, 2.75) is 25.0 Å². The van der Waals surface area contributed by atoms with Crippen LogP contribution in [0.1, 0.15) is 12.8 Å². The summed E-state index contributed by atoms with van der Waals surface area (Å²) < 4.78 is 5.30. The van der Waals surface area contributed by atoms with Gasteiger partial charge in [0.25, 0.3) is 0 Å². The van der Waals surface area contributed by atoms with Crippen molar-refractivity contribution in [3.05, 3.63) is 41.4 Å². The second-order valence-corrected chi connectivity index (χ2v) is 7.23. The molecule has 132 valence electrons. The number of aliphatic hydroxyl groups excluding tert-OH is 1. The molecule has 1 aromatic carbocycles. The molecular weight excluding hydrogens is 316 g/mol. The molecule has 3 fully saturated rings. The maximum atomic E-state index is 12.6. The van der Waals surface area contributed by atoms with Crippen molar-refractivity contribution in [3.8, 4) is 5.75 Å². The molecule has 4 aliphatic rings. The molecule has 2 bridgehead atoms. The largest absolute Gasteiger partial charge is 0.497 e. The molecule has 0 amide bonds. The highest BCUT2D eigenvalue weighted by molar-refractivity contribution is 6.17. The van der Waals surface area contributed by atoms with E-state index in [0.717, 1.165) is 31.3 Å². The van der Waals surface area contributed by atoms with E-state index in [1.165, 1.54) is 0 Å². The van der Waals surface area contributed by atoms with Crippen molar-refractivity contribution in [3.63, 3.8) is 0 Å². The topological polar surface area (TPSA) is 62.1 Å². The summed E-state index contributed by atoms with van der Waals surface area (Å²) in [7, 11) is 1.60. The lowest BCUT2D eigenvalue weighted by Crippen LogP contribution is -2.58. The molecule has 0 spiro atoms. The quantitative estimate of drug-likeness (QED) is 0.801. The average molecular weight is 340 g/mol. The fraction of sp³-hybridized carbons (Fsp3) is 0.500. The number of methoxy groups -OCH3 is 1. The number of nitrogens with zero attached hydrogens (tertiary/aromatic N) is 2. The summed E-state index contributed by atoms with van der Waals surface area (Å²) in [4.78, 5) is 19.3. The zero-order valence-corrected chi connectivity index (χ0v) is 14.5. The number of carbonyl (C=O) groups excluding carboxylic acids is 1. The minimum atomic E-state index is -0.789. The number of ketones is 1. The van der Waals surface area contributed by atoms with Gasteiger partial charge in [0.2, 0.25) is 0 Å². The first-order valence-electron chi connectivity index (χ1n) is 8.93. The molecule has 0 aliphatic carbocycles. The maximum Gasteiger partial charge on any atom is 0.183 e. The fourth-order valence-corrected chi connectivity index (χ4v) is 4.61. The van der Waals surface area contributed by atoms with Crippen LogP contribution in [0.15, 0.2) is 35.8 Å². The number of Topliss-reactive ketones (excluding diaryl/α,β-unsaturated/α-hetero) is 1. The van der Waals surface area contributed by atoms with E-state index in [4.69, 9.17) is 4.74 Å². The third-order valence-corrected chi connectivity index (χ3v) is 6.00. The second kappa shape index (κ2) is 6.39. The van der Waals surface area contributed by atoms with Crippen molar-refractivity contribution < 1.29 is 14.6 Å². The van der Waals surface area contributed by atoms with E-state index in [1.54, 1.807) is 7.11 Å². The molecule has 5 atom stereocenters. The molecule has 5 nitrogen and oxygen atoms in total. The number of fused-ring (bicyclic) bond motifs is 4. The SMILES string of the molecule is C=C[C@H]1CN2CCC1C[C@H]2[C@H](O)C1=c2cc(OC)ccc2=NCC1=O. The Morgan fingerprint density at radius 1 is 1.48 bits per heavy atom. The van der Waals surface area contributed by atoms with Gasteiger partial charge in [0, 0.05) is 23.4 Å². The third kappa shape index (κ3) is 2.71. The van der Waals surface area contributed by atoms with Crippen LogP contribution in [-0.2, 0) is 4.79 Å². The standard InChI is InChI=1S/C20H24N2O3/c1-3-12-11-22-7-6-13(12)8-17(22)20(24)19-15-9-14(25-2)4-5-16(15)21-10-18(19)23/h3-5,9,12-13,17,20,24H,1,6-8,10-11H2,2H3/t12-,13?,17-,20-/m0/s1. The van der Waals surface area contributed by atoms with Gasteiger partial charge in [-0.15, -0.1) is 6.58 Å². The Hall–Kier alpha value is -1.98. The van der Waals surface area contributed by atoms with E-state index >= 15 is 0 Å². The van der Waals surface area contributed by atoms with E-state index in [9.17, 15) is 9.90 Å². The smallest absolute Gasteiger partial charge is 0.183 e. The first-order chi connectivity index (χ1) is 12.1. The number of hydrogen-bond acceptors (Lipinski definition) is 5. The van der Waals surface area contributed by atoms with E-state index in [-0.39, 0.29) is 18.4 Å². The van der Waals surface area contributed by atoms with Gasteiger partial charge in [-0.05, 0) is 49.4 Å². The monoisotopic (exact) mass is 340 g/mol. The van der Waals surface area contributed by atoms with E-state index in [0.29, 0.717) is 28.4 Å². The highest BCUT2D eigenvalue weighted by atomic mass is 16.5. The van der Waals surface area contributed by atoms with Crippen molar-refractivity contribution in [1.29, 1.82) is 0 Å². The molecule has 4 aliphatic heterocycles. The lowest BCUT2D eigenvalue weighted by Gasteiger charge is -2.50. The average Bonchev–Trinajstić information content (AvgIpc) is 2.67. The molecule has 5 rings (SSSR count). The van der Waals surface area contributed by atoms with Crippen LogP contribution >= 0.6 is 0 Å². The maximum absolute atomic E-state index is 12.6. The van der Waals surface area contributed by atoms with Gasteiger partial charge in [-0.3, -0.25) is 14.7 Å². The molecule has 1 aromatic rings. The van der Waals surface area contributed by atoms with Crippen molar-refractivity contribution in [2.75, 3.05) is 26.7 Å². The highest BCUT2D eigenvalue weighted by Crippen LogP contribution is 2.39. The summed E-state index contributed by atoms with van der Waals surface area (Å²) in [6, 6.07) is 5.50. The van der Waals surface area contributed by atoms with Crippen LogP contribution in [0.2, 0.25) is 0 Å². The van der Waals surface area contributed by atoms with Gasteiger partial charge in [0.05, 0.1) is 18.6 Å². The Morgan fingerprint density at radius 2 is 2.32 bits per heavy atom. The molecule has 4 heterocycles. The normalized spacial score (nSPS) is 31.9. The van der Waals surface area contributed by atoms with Crippen molar-refractivity contribution in [1.82, 2.24) is 4.90 Å². The molecule has 0 saturated carbocycles. The Bertz CT molecular complexity index is 832. The van der Waals surface area contributed by atoms with Crippen LogP contribution in [0, 0.1) is 11.8 Å². The van der Waals surface area contributed by atoms with Crippen molar-refractivity contribution >= 4 is 11.4 Å².